The van der Waals surface area contributed by atoms with E-state index in [-0.39, 0.29) is 0 Å². The molecular weight excluding hydrogens is 314 g/mol. The third kappa shape index (κ3) is 3.41. The maximum absolute atomic E-state index is 5.55. The van der Waals surface area contributed by atoms with Crippen molar-refractivity contribution in [2.45, 2.75) is 45.3 Å². The first-order valence-corrected chi connectivity index (χ1v) is 9.23. The standard InChI is InChI=1S/C19H27N5O/c1-14-3-4-16(17(11-14)25-2)12-23-9-10-24-18(13-23)21-22-19(24)15-5-7-20-8-6-15/h3-4,11,15,20H,5-10,12-13H2,1-2H3. The molecule has 25 heavy (non-hydrogen) atoms. The van der Waals surface area contributed by atoms with Gasteiger partial charge in [-0.05, 0) is 44.5 Å². The number of piperidine rings is 1. The molecule has 2 aromatic rings. The van der Waals surface area contributed by atoms with Gasteiger partial charge in [0.1, 0.15) is 17.4 Å². The lowest BCUT2D eigenvalue weighted by molar-refractivity contribution is 0.203. The summed E-state index contributed by atoms with van der Waals surface area (Å²) in [7, 11) is 1.75. The van der Waals surface area contributed by atoms with Gasteiger partial charge in [-0.1, -0.05) is 12.1 Å². The van der Waals surface area contributed by atoms with E-state index in [0.717, 1.165) is 50.8 Å². The second-order valence-corrected chi connectivity index (χ2v) is 7.18. The molecule has 0 radical (unpaired) electrons. The van der Waals surface area contributed by atoms with Crippen LogP contribution in [0.15, 0.2) is 18.2 Å². The van der Waals surface area contributed by atoms with Crippen molar-refractivity contribution < 1.29 is 4.74 Å². The number of hydrogen-bond acceptors (Lipinski definition) is 5. The monoisotopic (exact) mass is 341 g/mol. The number of ether oxygens (including phenoxy) is 1. The van der Waals surface area contributed by atoms with Gasteiger partial charge in [-0.2, -0.15) is 0 Å². The third-order valence-electron chi connectivity index (χ3n) is 5.40. The summed E-state index contributed by atoms with van der Waals surface area (Å²) in [4.78, 5) is 2.43. The molecule has 0 aliphatic carbocycles. The second-order valence-electron chi connectivity index (χ2n) is 7.18. The molecule has 1 saturated heterocycles. The Hall–Kier alpha value is -1.92. The summed E-state index contributed by atoms with van der Waals surface area (Å²) in [5.74, 6) is 3.84. The van der Waals surface area contributed by atoms with Gasteiger partial charge in [-0.25, -0.2) is 0 Å². The minimum absolute atomic E-state index is 0.561. The fraction of sp³-hybridized carbons (Fsp3) is 0.579. The van der Waals surface area contributed by atoms with E-state index in [1.54, 1.807) is 7.11 Å². The van der Waals surface area contributed by atoms with Crippen LogP contribution in [-0.2, 0) is 19.6 Å². The van der Waals surface area contributed by atoms with Crippen molar-refractivity contribution in [3.8, 4) is 5.75 Å². The molecule has 0 spiro atoms. The van der Waals surface area contributed by atoms with Crippen LogP contribution < -0.4 is 10.1 Å². The Kier molecular flexibility index (Phi) is 4.72. The number of aromatic nitrogens is 3. The van der Waals surface area contributed by atoms with Crippen molar-refractivity contribution in [2.75, 3.05) is 26.7 Å². The summed E-state index contributed by atoms with van der Waals surface area (Å²) in [5.41, 5.74) is 2.46. The van der Waals surface area contributed by atoms with Crippen LogP contribution in [0.2, 0.25) is 0 Å². The molecule has 0 amide bonds. The van der Waals surface area contributed by atoms with E-state index >= 15 is 0 Å². The minimum atomic E-state index is 0.561. The van der Waals surface area contributed by atoms with E-state index in [1.807, 2.05) is 0 Å². The molecule has 2 aliphatic rings. The molecule has 0 unspecified atom stereocenters. The van der Waals surface area contributed by atoms with Gasteiger partial charge < -0.3 is 14.6 Å². The van der Waals surface area contributed by atoms with Crippen LogP contribution in [0.3, 0.4) is 0 Å². The summed E-state index contributed by atoms with van der Waals surface area (Å²) in [6, 6.07) is 6.43. The van der Waals surface area contributed by atoms with Crippen LogP contribution in [0, 0.1) is 6.92 Å². The molecule has 0 bridgehead atoms. The highest BCUT2D eigenvalue weighted by molar-refractivity contribution is 5.37. The number of rotatable bonds is 4. The Balaban J connectivity index is 1.48. The van der Waals surface area contributed by atoms with Gasteiger partial charge in [0.15, 0.2) is 0 Å². The SMILES string of the molecule is COc1cc(C)ccc1CN1CCn2c(nnc2C2CCNCC2)C1. The Bertz CT molecular complexity index is 735. The number of nitrogens with one attached hydrogen (secondary N) is 1. The first kappa shape index (κ1) is 16.5. The molecule has 0 atom stereocenters. The molecule has 134 valence electrons. The number of nitrogens with zero attached hydrogens (tertiary/aromatic N) is 4. The lowest BCUT2D eigenvalue weighted by Crippen LogP contribution is -2.35. The normalized spacial score (nSPS) is 19.0. The molecule has 1 aromatic carbocycles. The van der Waals surface area contributed by atoms with Crippen LogP contribution in [0.4, 0.5) is 0 Å². The first-order valence-electron chi connectivity index (χ1n) is 9.23. The highest BCUT2D eigenvalue weighted by Gasteiger charge is 2.26. The zero-order valence-electron chi connectivity index (χ0n) is 15.2. The van der Waals surface area contributed by atoms with Crippen molar-refractivity contribution in [1.29, 1.82) is 0 Å². The fourth-order valence-corrected chi connectivity index (χ4v) is 3.97. The summed E-state index contributed by atoms with van der Waals surface area (Å²) in [6.07, 6.45) is 2.34. The number of methoxy groups -OCH3 is 1. The molecule has 0 saturated carbocycles. The van der Waals surface area contributed by atoms with E-state index in [1.165, 1.54) is 29.8 Å². The number of aryl methyl sites for hydroxylation is 1. The zero-order valence-corrected chi connectivity index (χ0v) is 15.2. The highest BCUT2D eigenvalue weighted by Crippen LogP contribution is 2.27. The van der Waals surface area contributed by atoms with Crippen LogP contribution in [-0.4, -0.2) is 46.4 Å². The Morgan fingerprint density at radius 3 is 2.84 bits per heavy atom. The van der Waals surface area contributed by atoms with Gasteiger partial charge in [0, 0.05) is 31.1 Å². The quantitative estimate of drug-likeness (QED) is 0.923. The minimum Gasteiger partial charge on any atom is -0.496 e. The van der Waals surface area contributed by atoms with Crippen LogP contribution in [0.1, 0.15) is 41.5 Å². The lowest BCUT2D eigenvalue weighted by Gasteiger charge is -2.30. The van der Waals surface area contributed by atoms with Gasteiger partial charge in [-0.3, -0.25) is 4.90 Å². The lowest BCUT2D eigenvalue weighted by atomic mass is 9.97. The van der Waals surface area contributed by atoms with E-state index < -0.39 is 0 Å². The summed E-state index contributed by atoms with van der Waals surface area (Å²) >= 11 is 0. The van der Waals surface area contributed by atoms with Gasteiger partial charge in [0.2, 0.25) is 0 Å². The molecule has 6 heteroatoms. The van der Waals surface area contributed by atoms with Gasteiger partial charge in [0.05, 0.1) is 13.7 Å². The predicted molar refractivity (Wildman–Crippen MR) is 96.7 cm³/mol. The summed E-state index contributed by atoms with van der Waals surface area (Å²) in [5, 5.41) is 12.5. The van der Waals surface area contributed by atoms with E-state index in [0.29, 0.717) is 5.92 Å². The molecule has 3 heterocycles. The van der Waals surface area contributed by atoms with Gasteiger partial charge in [0.25, 0.3) is 0 Å². The first-order chi connectivity index (χ1) is 12.2. The van der Waals surface area contributed by atoms with E-state index in [9.17, 15) is 0 Å². The molecule has 4 rings (SSSR count). The molecular formula is C19H27N5O. The van der Waals surface area contributed by atoms with Crippen LogP contribution in [0.5, 0.6) is 5.75 Å². The van der Waals surface area contributed by atoms with Crippen molar-refractivity contribution in [3.05, 3.63) is 41.0 Å². The molecule has 6 nitrogen and oxygen atoms in total. The average Bonchev–Trinajstić information content (AvgIpc) is 3.07. The zero-order chi connectivity index (χ0) is 17.2. The molecule has 1 N–H and O–H groups in total. The maximum Gasteiger partial charge on any atom is 0.147 e. The fourth-order valence-electron chi connectivity index (χ4n) is 3.97. The number of fused-ring (bicyclic) bond motifs is 1. The predicted octanol–water partition coefficient (Wildman–Crippen LogP) is 2.08. The third-order valence-corrected chi connectivity index (χ3v) is 5.40. The Morgan fingerprint density at radius 1 is 1.20 bits per heavy atom. The number of benzene rings is 1. The van der Waals surface area contributed by atoms with Crippen molar-refractivity contribution in [3.63, 3.8) is 0 Å². The van der Waals surface area contributed by atoms with E-state index in [2.05, 4.69) is 50.1 Å². The molecule has 1 fully saturated rings. The highest BCUT2D eigenvalue weighted by atomic mass is 16.5. The van der Waals surface area contributed by atoms with Gasteiger partial charge >= 0.3 is 0 Å². The smallest absolute Gasteiger partial charge is 0.147 e. The van der Waals surface area contributed by atoms with E-state index in [4.69, 9.17) is 4.74 Å². The Morgan fingerprint density at radius 2 is 2.04 bits per heavy atom. The largest absolute Gasteiger partial charge is 0.496 e. The second kappa shape index (κ2) is 7.14. The van der Waals surface area contributed by atoms with Crippen molar-refractivity contribution >= 4 is 0 Å². The van der Waals surface area contributed by atoms with Crippen LogP contribution >= 0.6 is 0 Å². The molecule has 2 aliphatic heterocycles. The summed E-state index contributed by atoms with van der Waals surface area (Å²) < 4.78 is 7.91. The topological polar surface area (TPSA) is 55.2 Å². The van der Waals surface area contributed by atoms with Crippen LogP contribution in [0.25, 0.3) is 0 Å². The van der Waals surface area contributed by atoms with Gasteiger partial charge in [-0.15, -0.1) is 10.2 Å². The average molecular weight is 341 g/mol. The molecule has 1 aromatic heterocycles. The Labute approximate surface area is 149 Å². The van der Waals surface area contributed by atoms with Crippen molar-refractivity contribution in [1.82, 2.24) is 25.0 Å². The summed E-state index contributed by atoms with van der Waals surface area (Å²) in [6.45, 7) is 8.03. The number of hydrogen-bond donors (Lipinski definition) is 1. The van der Waals surface area contributed by atoms with Crippen molar-refractivity contribution in [2.24, 2.45) is 0 Å². The maximum atomic E-state index is 5.55.